The number of esters is 1. The summed E-state index contributed by atoms with van der Waals surface area (Å²) >= 11 is 12.5. The van der Waals surface area contributed by atoms with Gasteiger partial charge in [-0.05, 0) is 69.0 Å². The Kier molecular flexibility index (Phi) is 6.72. The fourth-order valence-corrected chi connectivity index (χ4v) is 6.25. The van der Waals surface area contributed by atoms with Gasteiger partial charge in [-0.1, -0.05) is 62.2 Å². The fourth-order valence-electron chi connectivity index (χ4n) is 5.90. The molecule has 4 atom stereocenters. The molecule has 2 heterocycles. The van der Waals surface area contributed by atoms with Gasteiger partial charge in [0.25, 0.3) is 0 Å². The Morgan fingerprint density at radius 2 is 1.81 bits per heavy atom. The monoisotopic (exact) mass is 534 g/mol. The number of amides is 1. The quantitative estimate of drug-likeness (QED) is 0.452. The fraction of sp³-hybridized carbons (Fsp3) is 0.500. The lowest BCUT2D eigenvalue weighted by Crippen LogP contribution is -2.50. The molecule has 2 aromatic rings. The molecule has 1 fully saturated rings. The van der Waals surface area contributed by atoms with Crippen LogP contribution in [0, 0.1) is 11.2 Å². The Labute approximate surface area is 222 Å². The highest BCUT2D eigenvalue weighted by molar-refractivity contribution is 6.31. The average Bonchev–Trinajstić information content (AvgIpc) is 3.14. The largest absolute Gasteiger partial charge is 0.459 e. The maximum atomic E-state index is 15.8. The predicted octanol–water partition coefficient (Wildman–Crippen LogP) is 6.57. The number of hydrogen-bond acceptors (Lipinski definition) is 4. The normalized spacial score (nSPS) is 26.3. The van der Waals surface area contributed by atoms with Gasteiger partial charge in [-0.25, -0.2) is 4.39 Å². The number of ether oxygens (including phenoxy) is 1. The molecular formula is C28H33Cl2FN2O3. The van der Waals surface area contributed by atoms with Crippen LogP contribution in [0.4, 0.5) is 10.1 Å². The van der Waals surface area contributed by atoms with Crippen LogP contribution in [0.5, 0.6) is 0 Å². The number of hydrogen-bond donors (Lipinski definition) is 1. The van der Waals surface area contributed by atoms with Crippen molar-refractivity contribution < 1.29 is 18.7 Å². The molecule has 5 nitrogen and oxygen atoms in total. The van der Waals surface area contributed by atoms with Crippen LogP contribution in [0.3, 0.4) is 0 Å². The van der Waals surface area contributed by atoms with Gasteiger partial charge in [-0.2, -0.15) is 0 Å². The highest BCUT2D eigenvalue weighted by Gasteiger charge is 2.69. The first-order valence-electron chi connectivity index (χ1n) is 12.1. The van der Waals surface area contributed by atoms with E-state index in [1.54, 1.807) is 45.0 Å². The van der Waals surface area contributed by atoms with Gasteiger partial charge in [0.1, 0.15) is 22.9 Å². The summed E-state index contributed by atoms with van der Waals surface area (Å²) in [5.74, 6) is -2.35. The molecule has 0 saturated carbocycles. The van der Waals surface area contributed by atoms with E-state index in [0.717, 1.165) is 0 Å². The molecule has 2 aliphatic rings. The third kappa shape index (κ3) is 4.42. The lowest BCUT2D eigenvalue weighted by atomic mass is 9.62. The number of nitrogens with one attached hydrogen (secondary N) is 1. The van der Waals surface area contributed by atoms with Crippen molar-refractivity contribution in [3.63, 3.8) is 0 Å². The van der Waals surface area contributed by atoms with Gasteiger partial charge in [-0.15, -0.1) is 0 Å². The van der Waals surface area contributed by atoms with Gasteiger partial charge in [0.2, 0.25) is 5.91 Å². The van der Waals surface area contributed by atoms with Crippen molar-refractivity contribution in [2.45, 2.75) is 77.0 Å². The molecule has 1 spiro atoms. The molecule has 1 saturated heterocycles. The van der Waals surface area contributed by atoms with E-state index in [1.165, 1.54) is 6.07 Å². The summed E-state index contributed by atoms with van der Waals surface area (Å²) in [7, 11) is 1.82. The average molecular weight is 535 g/mol. The van der Waals surface area contributed by atoms with E-state index in [9.17, 15) is 9.59 Å². The second-order valence-electron chi connectivity index (χ2n) is 12.1. The summed E-state index contributed by atoms with van der Waals surface area (Å²) in [6.07, 6.45) is 0.566. The third-order valence-corrected chi connectivity index (χ3v) is 7.61. The summed E-state index contributed by atoms with van der Waals surface area (Å²) in [5.41, 5.74) is -0.796. The van der Waals surface area contributed by atoms with Crippen LogP contribution < -0.4 is 5.32 Å². The number of rotatable bonds is 3. The van der Waals surface area contributed by atoms with Crippen LogP contribution in [0.1, 0.15) is 65.0 Å². The first-order chi connectivity index (χ1) is 16.6. The van der Waals surface area contributed by atoms with E-state index in [4.69, 9.17) is 27.9 Å². The van der Waals surface area contributed by atoms with Crippen LogP contribution >= 0.6 is 23.2 Å². The molecule has 2 aliphatic heterocycles. The van der Waals surface area contributed by atoms with Crippen molar-refractivity contribution in [1.29, 1.82) is 0 Å². The minimum atomic E-state index is -1.28. The lowest BCUT2D eigenvalue weighted by molar-refractivity contribution is -0.160. The second kappa shape index (κ2) is 9.00. The van der Waals surface area contributed by atoms with Gasteiger partial charge in [0.15, 0.2) is 0 Å². The Balaban J connectivity index is 2.07. The van der Waals surface area contributed by atoms with Crippen molar-refractivity contribution >= 4 is 40.8 Å². The maximum absolute atomic E-state index is 15.8. The number of anilines is 1. The molecule has 0 bridgehead atoms. The summed E-state index contributed by atoms with van der Waals surface area (Å²) in [6.45, 7) is 11.6. The van der Waals surface area contributed by atoms with E-state index in [2.05, 4.69) is 26.1 Å². The summed E-state index contributed by atoms with van der Waals surface area (Å²) in [4.78, 5) is 29.9. The number of carbonyl (C=O) groups is 2. The topological polar surface area (TPSA) is 58.6 Å². The maximum Gasteiger partial charge on any atom is 0.324 e. The van der Waals surface area contributed by atoms with Crippen molar-refractivity contribution in [3.05, 3.63) is 63.4 Å². The number of halogens is 3. The van der Waals surface area contributed by atoms with Crippen LogP contribution in [-0.4, -0.2) is 41.5 Å². The van der Waals surface area contributed by atoms with Gasteiger partial charge in [-0.3, -0.25) is 14.5 Å². The molecule has 1 unspecified atom stereocenters. The Bertz CT molecular complexity index is 1220. The first kappa shape index (κ1) is 26.9. The predicted molar refractivity (Wildman–Crippen MR) is 141 cm³/mol. The van der Waals surface area contributed by atoms with E-state index >= 15 is 4.39 Å². The molecule has 8 heteroatoms. The van der Waals surface area contributed by atoms with Crippen molar-refractivity contribution in [2.24, 2.45) is 5.41 Å². The summed E-state index contributed by atoms with van der Waals surface area (Å²) in [6, 6.07) is 8.58. The van der Waals surface area contributed by atoms with E-state index in [1.807, 2.05) is 18.0 Å². The smallest absolute Gasteiger partial charge is 0.324 e. The van der Waals surface area contributed by atoms with Gasteiger partial charge in [0.05, 0.1) is 5.02 Å². The van der Waals surface area contributed by atoms with Crippen molar-refractivity contribution in [3.8, 4) is 0 Å². The minimum absolute atomic E-state index is 0.0674. The standard InChI is InChI=1S/C28H33Cl2FN2O3/c1-26(2,3)14-20-28(17-12-11-15(29)13-19(17)32-25(28)35)21(16-9-8-10-18(30)22(16)31)23(33(20)7)24(34)36-27(4,5)6/h8-13,20-21,23H,14H2,1-7H3,(H,32,35)/t20?,21-,23-,28-/m0/s1. The number of nitrogens with zero attached hydrogens (tertiary/aromatic N) is 1. The summed E-state index contributed by atoms with van der Waals surface area (Å²) < 4.78 is 21.6. The zero-order valence-electron chi connectivity index (χ0n) is 21.7. The van der Waals surface area contributed by atoms with Crippen molar-refractivity contribution in [2.75, 3.05) is 12.4 Å². The Morgan fingerprint density at radius 3 is 2.42 bits per heavy atom. The highest BCUT2D eigenvalue weighted by atomic mass is 35.5. The molecule has 0 aromatic heterocycles. The second-order valence-corrected chi connectivity index (χ2v) is 12.9. The van der Waals surface area contributed by atoms with Gasteiger partial charge >= 0.3 is 5.97 Å². The molecule has 0 radical (unpaired) electrons. The van der Waals surface area contributed by atoms with Crippen molar-refractivity contribution in [1.82, 2.24) is 4.90 Å². The molecule has 194 valence electrons. The van der Waals surface area contributed by atoms with Crippen LogP contribution in [0.25, 0.3) is 0 Å². The van der Waals surface area contributed by atoms with Crippen LogP contribution in [0.2, 0.25) is 10.0 Å². The zero-order chi connectivity index (χ0) is 26.8. The van der Waals surface area contributed by atoms with Crippen LogP contribution in [0.15, 0.2) is 36.4 Å². The number of fused-ring (bicyclic) bond motifs is 2. The van der Waals surface area contributed by atoms with E-state index in [-0.39, 0.29) is 21.9 Å². The van der Waals surface area contributed by atoms with Crippen LogP contribution in [-0.2, 0) is 19.7 Å². The molecule has 1 amide bonds. The third-order valence-electron chi connectivity index (χ3n) is 7.08. The minimum Gasteiger partial charge on any atom is -0.459 e. The Morgan fingerprint density at radius 1 is 1.14 bits per heavy atom. The Hall–Kier alpha value is -2.15. The molecule has 4 rings (SSSR count). The number of likely N-dealkylation sites (tertiary alicyclic amines) is 1. The zero-order valence-corrected chi connectivity index (χ0v) is 23.2. The van der Waals surface area contributed by atoms with E-state index < -0.39 is 40.8 Å². The summed E-state index contributed by atoms with van der Waals surface area (Å²) in [5, 5.41) is 3.40. The molecular weight excluding hydrogens is 502 g/mol. The molecule has 36 heavy (non-hydrogen) atoms. The molecule has 0 aliphatic carbocycles. The number of benzene rings is 2. The molecule has 1 N–H and O–H groups in total. The number of likely N-dealkylation sites (N-methyl/N-ethyl adjacent to an activating group) is 1. The van der Waals surface area contributed by atoms with Gasteiger partial charge in [0, 0.05) is 22.7 Å². The molecule has 2 aromatic carbocycles. The van der Waals surface area contributed by atoms with Gasteiger partial charge < -0.3 is 10.1 Å². The number of carbonyl (C=O) groups excluding carboxylic acids is 2. The highest BCUT2D eigenvalue weighted by Crippen LogP contribution is 2.60. The SMILES string of the molecule is CN1C(CC(C)(C)C)[C@]2(C(=O)Nc3cc(Cl)ccc32)[C@@H](c2cccc(Cl)c2F)[C@H]1C(=O)OC(C)(C)C. The van der Waals surface area contributed by atoms with E-state index in [0.29, 0.717) is 22.7 Å². The lowest BCUT2D eigenvalue weighted by Gasteiger charge is -2.39. The first-order valence-corrected chi connectivity index (χ1v) is 12.8.